The average Bonchev–Trinajstić information content (AvgIpc) is 2.80. The lowest BCUT2D eigenvalue weighted by atomic mass is 9.79. The SMILES string of the molecule is CC(C)(C)OC(=O)N[C@@H](CC#Cc1ccc(B2OC(C)(C)C(C)(C)O2)cc1)C(=O)O. The van der Waals surface area contributed by atoms with Gasteiger partial charge in [-0.05, 0) is 66.1 Å². The van der Waals surface area contributed by atoms with E-state index >= 15 is 0 Å². The number of hydrogen-bond donors (Lipinski definition) is 2. The van der Waals surface area contributed by atoms with E-state index in [0.29, 0.717) is 0 Å². The second-order valence-corrected chi connectivity index (χ2v) is 9.25. The number of alkyl carbamates (subject to hydrolysis) is 1. The van der Waals surface area contributed by atoms with E-state index in [1.54, 1.807) is 20.8 Å². The summed E-state index contributed by atoms with van der Waals surface area (Å²) in [4.78, 5) is 23.2. The highest BCUT2D eigenvalue weighted by Gasteiger charge is 2.51. The molecule has 1 amide bonds. The van der Waals surface area contributed by atoms with Crippen molar-refractivity contribution in [3.63, 3.8) is 0 Å². The van der Waals surface area contributed by atoms with Gasteiger partial charge in [-0.2, -0.15) is 0 Å². The van der Waals surface area contributed by atoms with Gasteiger partial charge in [0.05, 0.1) is 11.2 Å². The zero-order valence-corrected chi connectivity index (χ0v) is 18.7. The minimum Gasteiger partial charge on any atom is -0.480 e. The number of hydrogen-bond acceptors (Lipinski definition) is 5. The van der Waals surface area contributed by atoms with E-state index in [9.17, 15) is 14.7 Å². The van der Waals surface area contributed by atoms with Crippen LogP contribution >= 0.6 is 0 Å². The Kier molecular flexibility index (Phi) is 6.90. The van der Waals surface area contributed by atoms with Gasteiger partial charge < -0.3 is 24.5 Å². The second-order valence-electron chi connectivity index (χ2n) is 9.25. The fraction of sp³-hybridized carbons (Fsp3) is 0.545. The van der Waals surface area contributed by atoms with Gasteiger partial charge in [0.2, 0.25) is 0 Å². The number of benzene rings is 1. The van der Waals surface area contributed by atoms with Crippen molar-refractivity contribution in [2.45, 2.75) is 77.7 Å². The van der Waals surface area contributed by atoms with Gasteiger partial charge in [0.25, 0.3) is 0 Å². The van der Waals surface area contributed by atoms with E-state index in [2.05, 4.69) is 17.2 Å². The molecule has 0 unspecified atom stereocenters. The van der Waals surface area contributed by atoms with Crippen LogP contribution in [0.2, 0.25) is 0 Å². The van der Waals surface area contributed by atoms with E-state index in [1.165, 1.54) is 0 Å². The molecule has 0 saturated carbocycles. The first-order valence-corrected chi connectivity index (χ1v) is 9.87. The van der Waals surface area contributed by atoms with Crippen molar-refractivity contribution in [3.8, 4) is 11.8 Å². The summed E-state index contributed by atoms with van der Waals surface area (Å²) in [6.45, 7) is 13.1. The minimum atomic E-state index is -1.17. The summed E-state index contributed by atoms with van der Waals surface area (Å²) in [5.41, 5.74) is 0.0650. The molecule has 1 atom stereocenters. The van der Waals surface area contributed by atoms with Crippen LogP contribution in [-0.2, 0) is 18.8 Å². The summed E-state index contributed by atoms with van der Waals surface area (Å²) in [6, 6.07) is 6.24. The molecule has 8 heteroatoms. The zero-order chi connectivity index (χ0) is 22.7. The predicted molar refractivity (Wildman–Crippen MR) is 114 cm³/mol. The van der Waals surface area contributed by atoms with Gasteiger partial charge in [0.1, 0.15) is 11.6 Å². The van der Waals surface area contributed by atoms with E-state index in [4.69, 9.17) is 14.0 Å². The van der Waals surface area contributed by atoms with Gasteiger partial charge >= 0.3 is 19.2 Å². The topological polar surface area (TPSA) is 94.1 Å². The van der Waals surface area contributed by atoms with Crippen LogP contribution in [0.4, 0.5) is 4.79 Å². The molecule has 30 heavy (non-hydrogen) atoms. The van der Waals surface area contributed by atoms with Crippen LogP contribution in [0.1, 0.15) is 60.5 Å². The lowest BCUT2D eigenvalue weighted by Crippen LogP contribution is -2.43. The molecule has 2 rings (SSSR count). The smallest absolute Gasteiger partial charge is 0.480 e. The van der Waals surface area contributed by atoms with Crippen molar-refractivity contribution in [1.29, 1.82) is 0 Å². The first kappa shape index (κ1) is 23.8. The van der Waals surface area contributed by atoms with Crippen molar-refractivity contribution in [2.24, 2.45) is 0 Å². The molecule has 1 aliphatic rings. The Hall–Kier alpha value is -2.50. The highest BCUT2D eigenvalue weighted by molar-refractivity contribution is 6.62. The molecule has 1 fully saturated rings. The number of ether oxygens (including phenoxy) is 1. The number of nitrogens with one attached hydrogen (secondary N) is 1. The van der Waals surface area contributed by atoms with Crippen molar-refractivity contribution >= 4 is 24.6 Å². The van der Waals surface area contributed by atoms with Crippen molar-refractivity contribution in [2.75, 3.05) is 0 Å². The molecule has 0 aromatic heterocycles. The number of carboxylic acids is 1. The lowest BCUT2D eigenvalue weighted by Gasteiger charge is -2.32. The largest absolute Gasteiger partial charge is 0.494 e. The monoisotopic (exact) mass is 415 g/mol. The molecule has 0 bridgehead atoms. The van der Waals surface area contributed by atoms with E-state index in [1.807, 2.05) is 52.0 Å². The number of carbonyl (C=O) groups is 2. The molecule has 0 aliphatic carbocycles. The highest BCUT2D eigenvalue weighted by atomic mass is 16.7. The van der Waals surface area contributed by atoms with Gasteiger partial charge in [-0.15, -0.1) is 0 Å². The van der Waals surface area contributed by atoms with Crippen LogP contribution in [0, 0.1) is 11.8 Å². The van der Waals surface area contributed by atoms with Crippen LogP contribution < -0.4 is 10.8 Å². The summed E-state index contributed by atoms with van der Waals surface area (Å²) in [5, 5.41) is 11.6. The third-order valence-corrected chi connectivity index (χ3v) is 4.96. The van der Waals surface area contributed by atoms with Crippen LogP contribution in [0.25, 0.3) is 0 Å². The average molecular weight is 415 g/mol. The van der Waals surface area contributed by atoms with Gasteiger partial charge in [0, 0.05) is 12.0 Å². The maximum absolute atomic E-state index is 11.8. The number of amides is 1. The normalized spacial score (nSPS) is 18.2. The Bertz CT molecular complexity index is 829. The summed E-state index contributed by atoms with van der Waals surface area (Å²) in [7, 11) is -0.452. The predicted octanol–water partition coefficient (Wildman–Crippen LogP) is 2.71. The maximum Gasteiger partial charge on any atom is 0.494 e. The first-order chi connectivity index (χ1) is 13.7. The molecular weight excluding hydrogens is 385 g/mol. The highest BCUT2D eigenvalue weighted by Crippen LogP contribution is 2.36. The Morgan fingerprint density at radius 1 is 1.13 bits per heavy atom. The molecule has 1 aromatic rings. The van der Waals surface area contributed by atoms with E-state index in [-0.39, 0.29) is 6.42 Å². The number of rotatable bonds is 4. The second kappa shape index (κ2) is 8.70. The van der Waals surface area contributed by atoms with Crippen LogP contribution in [-0.4, -0.2) is 47.1 Å². The number of carboxylic acid groups (broad SMARTS) is 1. The van der Waals surface area contributed by atoms with Crippen molar-refractivity contribution in [1.82, 2.24) is 5.32 Å². The van der Waals surface area contributed by atoms with E-state index < -0.39 is 42.0 Å². The van der Waals surface area contributed by atoms with Gasteiger partial charge in [0.15, 0.2) is 0 Å². The third-order valence-electron chi connectivity index (χ3n) is 4.96. The Morgan fingerprint density at radius 3 is 2.13 bits per heavy atom. The number of carbonyl (C=O) groups excluding carboxylic acids is 1. The zero-order valence-electron chi connectivity index (χ0n) is 18.7. The summed E-state index contributed by atoms with van der Waals surface area (Å²) >= 11 is 0. The molecule has 1 aromatic carbocycles. The maximum atomic E-state index is 11.8. The lowest BCUT2D eigenvalue weighted by molar-refractivity contribution is -0.139. The molecule has 1 aliphatic heterocycles. The fourth-order valence-electron chi connectivity index (χ4n) is 2.61. The third kappa shape index (κ3) is 6.25. The standard InChI is InChI=1S/C22H30BNO6/c1-20(2,3)28-19(27)24-17(18(25)26)10-8-9-15-11-13-16(14-12-15)23-29-21(4,5)22(6,7)30-23/h11-14,17H,10H2,1-7H3,(H,24,27)(H,25,26)/t17-/m0/s1. The van der Waals surface area contributed by atoms with Crippen molar-refractivity contribution in [3.05, 3.63) is 29.8 Å². The molecule has 1 saturated heterocycles. The van der Waals surface area contributed by atoms with Crippen molar-refractivity contribution < 1.29 is 28.7 Å². The summed E-state index contributed by atoms with van der Waals surface area (Å²) in [5.74, 6) is 4.54. The molecule has 0 radical (unpaired) electrons. The fourth-order valence-corrected chi connectivity index (χ4v) is 2.61. The summed E-state index contributed by atoms with van der Waals surface area (Å²) < 4.78 is 17.1. The Balaban J connectivity index is 1.99. The van der Waals surface area contributed by atoms with Gasteiger partial charge in [-0.3, -0.25) is 0 Å². The Labute approximate surface area is 178 Å². The van der Waals surface area contributed by atoms with Gasteiger partial charge in [-0.1, -0.05) is 24.0 Å². The summed E-state index contributed by atoms with van der Waals surface area (Å²) in [6.07, 6.45) is -0.837. The molecule has 2 N–H and O–H groups in total. The van der Waals surface area contributed by atoms with Crippen LogP contribution in [0.5, 0.6) is 0 Å². The van der Waals surface area contributed by atoms with Gasteiger partial charge in [-0.25, -0.2) is 9.59 Å². The van der Waals surface area contributed by atoms with E-state index in [0.717, 1.165) is 11.0 Å². The molecule has 7 nitrogen and oxygen atoms in total. The quantitative estimate of drug-likeness (QED) is 0.580. The number of aliphatic carboxylic acids is 1. The molecule has 162 valence electrons. The van der Waals surface area contributed by atoms with Crippen LogP contribution in [0.15, 0.2) is 24.3 Å². The molecule has 0 spiro atoms. The Morgan fingerprint density at radius 2 is 1.67 bits per heavy atom. The minimum absolute atomic E-state index is 0.0481. The molecule has 1 heterocycles. The molecular formula is C22H30BNO6. The van der Waals surface area contributed by atoms with Crippen LogP contribution in [0.3, 0.4) is 0 Å². The first-order valence-electron chi connectivity index (χ1n) is 9.87.